The number of carbonyl (C=O) groups is 2. The van der Waals surface area contributed by atoms with Gasteiger partial charge in [0.2, 0.25) is 5.91 Å². The summed E-state index contributed by atoms with van der Waals surface area (Å²) in [5.41, 5.74) is 0. The number of hydrogen-bond acceptors (Lipinski definition) is 3. The van der Waals surface area contributed by atoms with Crippen LogP contribution in [-0.4, -0.2) is 47.6 Å². The molecule has 2 unspecified atom stereocenters. The van der Waals surface area contributed by atoms with Crippen LogP contribution in [0.15, 0.2) is 0 Å². The number of unbranched alkanes of at least 4 members (excludes halogenated alkanes) is 1. The molecule has 1 fully saturated rings. The second-order valence-corrected chi connectivity index (χ2v) is 5.16. The largest absolute Gasteiger partial charge is 0.481 e. The van der Waals surface area contributed by atoms with Gasteiger partial charge in [0.05, 0.1) is 12.0 Å². The van der Waals surface area contributed by atoms with Gasteiger partial charge in [-0.3, -0.25) is 14.5 Å². The maximum atomic E-state index is 11.8. The molecule has 0 bridgehead atoms. The molecular weight excluding hydrogens is 232 g/mol. The first kappa shape index (κ1) is 15.0. The second kappa shape index (κ2) is 6.73. The average Bonchev–Trinajstić information content (AvgIpc) is 2.26. The quantitative estimate of drug-likeness (QED) is 0.665. The highest BCUT2D eigenvalue weighted by atomic mass is 16.4. The van der Waals surface area contributed by atoms with Crippen molar-refractivity contribution in [3.05, 3.63) is 0 Å². The van der Waals surface area contributed by atoms with E-state index in [0.29, 0.717) is 13.1 Å². The molecule has 2 atom stereocenters. The molecule has 1 amide bonds. The number of likely N-dealkylation sites (tertiary alicyclic amines) is 1. The van der Waals surface area contributed by atoms with E-state index in [2.05, 4.69) is 12.2 Å². The minimum absolute atomic E-state index is 0.0462. The lowest BCUT2D eigenvalue weighted by molar-refractivity contribution is -0.146. The van der Waals surface area contributed by atoms with Gasteiger partial charge in [-0.1, -0.05) is 20.3 Å². The number of carboxylic acid groups (broad SMARTS) is 1. The molecule has 0 spiro atoms. The predicted molar refractivity (Wildman–Crippen MR) is 69.2 cm³/mol. The number of hydrogen-bond donors (Lipinski definition) is 2. The fourth-order valence-electron chi connectivity index (χ4n) is 2.08. The molecule has 0 aliphatic carbocycles. The van der Waals surface area contributed by atoms with E-state index >= 15 is 0 Å². The summed E-state index contributed by atoms with van der Waals surface area (Å²) in [6.07, 6.45) is 2.06. The van der Waals surface area contributed by atoms with Gasteiger partial charge in [0, 0.05) is 19.6 Å². The number of aliphatic carboxylic acids is 1. The van der Waals surface area contributed by atoms with Crippen LogP contribution in [0.25, 0.3) is 0 Å². The number of carboxylic acids is 1. The van der Waals surface area contributed by atoms with Crippen LogP contribution in [0.2, 0.25) is 0 Å². The molecule has 0 saturated carbocycles. The monoisotopic (exact) mass is 256 g/mol. The predicted octanol–water partition coefficient (Wildman–Crippen LogP) is 0.944. The highest BCUT2D eigenvalue weighted by molar-refractivity contribution is 5.81. The molecule has 0 aromatic heterocycles. The molecule has 2 N–H and O–H groups in total. The highest BCUT2D eigenvalue weighted by Crippen LogP contribution is 2.25. The van der Waals surface area contributed by atoms with Gasteiger partial charge in [-0.15, -0.1) is 0 Å². The third kappa shape index (κ3) is 3.70. The Morgan fingerprint density at radius 1 is 1.39 bits per heavy atom. The first-order valence-corrected chi connectivity index (χ1v) is 6.72. The fourth-order valence-corrected chi connectivity index (χ4v) is 2.08. The maximum Gasteiger partial charge on any atom is 0.306 e. The summed E-state index contributed by atoms with van der Waals surface area (Å²) < 4.78 is 0. The number of nitrogens with one attached hydrogen (secondary N) is 1. The normalized spacial score (nSPS) is 19.9. The van der Waals surface area contributed by atoms with E-state index in [1.165, 1.54) is 0 Å². The van der Waals surface area contributed by atoms with Crippen LogP contribution in [0.1, 0.15) is 33.6 Å². The molecule has 104 valence electrons. The highest BCUT2D eigenvalue weighted by Gasteiger charge is 2.38. The summed E-state index contributed by atoms with van der Waals surface area (Å²) in [7, 11) is 0. The molecule has 18 heavy (non-hydrogen) atoms. The molecule has 1 aliphatic heterocycles. The third-order valence-corrected chi connectivity index (χ3v) is 3.79. The van der Waals surface area contributed by atoms with E-state index in [1.807, 2.05) is 11.8 Å². The van der Waals surface area contributed by atoms with Crippen molar-refractivity contribution in [1.29, 1.82) is 0 Å². The van der Waals surface area contributed by atoms with Crippen LogP contribution in [-0.2, 0) is 9.59 Å². The van der Waals surface area contributed by atoms with E-state index < -0.39 is 5.97 Å². The summed E-state index contributed by atoms with van der Waals surface area (Å²) in [6.45, 7) is 7.83. The lowest BCUT2D eigenvalue weighted by atomic mass is 9.86. The Morgan fingerprint density at radius 2 is 2.00 bits per heavy atom. The molecule has 0 aromatic carbocycles. The van der Waals surface area contributed by atoms with Crippen LogP contribution >= 0.6 is 0 Å². The van der Waals surface area contributed by atoms with Crippen molar-refractivity contribution < 1.29 is 14.7 Å². The number of carbonyl (C=O) groups excluding carboxylic acids is 1. The fraction of sp³-hybridized carbons (Fsp3) is 0.846. The molecule has 1 heterocycles. The number of nitrogens with zero attached hydrogens (tertiary/aromatic N) is 1. The van der Waals surface area contributed by atoms with E-state index in [-0.39, 0.29) is 23.8 Å². The van der Waals surface area contributed by atoms with Crippen molar-refractivity contribution >= 4 is 11.9 Å². The van der Waals surface area contributed by atoms with Crippen molar-refractivity contribution in [2.45, 2.75) is 39.7 Å². The third-order valence-electron chi connectivity index (χ3n) is 3.79. The molecule has 0 radical (unpaired) electrons. The van der Waals surface area contributed by atoms with Crippen molar-refractivity contribution in [3.63, 3.8) is 0 Å². The summed E-state index contributed by atoms with van der Waals surface area (Å²) in [6, 6.07) is -0.154. The Bertz CT molecular complexity index is 301. The summed E-state index contributed by atoms with van der Waals surface area (Å²) in [5, 5.41) is 11.8. The average molecular weight is 256 g/mol. The number of amides is 1. The van der Waals surface area contributed by atoms with Crippen molar-refractivity contribution in [2.75, 3.05) is 19.6 Å². The Morgan fingerprint density at radius 3 is 2.50 bits per heavy atom. The van der Waals surface area contributed by atoms with Crippen LogP contribution in [0.3, 0.4) is 0 Å². The van der Waals surface area contributed by atoms with E-state index in [1.54, 1.807) is 6.92 Å². The van der Waals surface area contributed by atoms with Gasteiger partial charge in [-0.05, 0) is 19.3 Å². The Balaban J connectivity index is 2.27. The summed E-state index contributed by atoms with van der Waals surface area (Å²) in [4.78, 5) is 24.6. The Kier molecular flexibility index (Phi) is 5.59. The van der Waals surface area contributed by atoms with E-state index in [4.69, 9.17) is 5.11 Å². The van der Waals surface area contributed by atoms with Crippen LogP contribution < -0.4 is 5.32 Å². The van der Waals surface area contributed by atoms with Gasteiger partial charge in [0.1, 0.15) is 0 Å². The molecular formula is C13H24N2O3. The molecule has 1 aliphatic rings. The van der Waals surface area contributed by atoms with Crippen LogP contribution in [0, 0.1) is 11.8 Å². The standard InChI is InChI=1S/C13H24N2O3/c1-4-5-6-14-12(16)10(3)15-7-11(8-15)9(2)13(17)18/h9-11H,4-8H2,1-3H3,(H,14,16)(H,17,18). The zero-order valence-corrected chi connectivity index (χ0v) is 11.5. The minimum Gasteiger partial charge on any atom is -0.481 e. The zero-order chi connectivity index (χ0) is 13.7. The maximum absolute atomic E-state index is 11.8. The summed E-state index contributed by atoms with van der Waals surface area (Å²) in [5.74, 6) is -0.852. The topological polar surface area (TPSA) is 69.6 Å². The van der Waals surface area contributed by atoms with Gasteiger partial charge in [-0.25, -0.2) is 0 Å². The SMILES string of the molecule is CCCCNC(=O)C(C)N1CC(C(C)C(=O)O)C1. The zero-order valence-electron chi connectivity index (χ0n) is 11.5. The first-order chi connectivity index (χ1) is 8.47. The van der Waals surface area contributed by atoms with Gasteiger partial charge in [0.25, 0.3) is 0 Å². The molecule has 1 saturated heterocycles. The number of rotatable bonds is 7. The lowest BCUT2D eigenvalue weighted by Crippen LogP contribution is -2.58. The van der Waals surface area contributed by atoms with E-state index in [0.717, 1.165) is 19.4 Å². The van der Waals surface area contributed by atoms with E-state index in [9.17, 15) is 9.59 Å². The molecule has 5 heteroatoms. The Hall–Kier alpha value is -1.10. The van der Waals surface area contributed by atoms with Crippen LogP contribution in [0.5, 0.6) is 0 Å². The molecule has 0 aromatic rings. The summed E-state index contributed by atoms with van der Waals surface area (Å²) >= 11 is 0. The molecule has 5 nitrogen and oxygen atoms in total. The molecule has 1 rings (SSSR count). The van der Waals surface area contributed by atoms with Crippen molar-refractivity contribution in [2.24, 2.45) is 11.8 Å². The van der Waals surface area contributed by atoms with Gasteiger partial charge >= 0.3 is 5.97 Å². The Labute approximate surface area is 109 Å². The second-order valence-electron chi connectivity index (χ2n) is 5.16. The van der Waals surface area contributed by atoms with Gasteiger partial charge < -0.3 is 10.4 Å². The van der Waals surface area contributed by atoms with Crippen molar-refractivity contribution in [1.82, 2.24) is 10.2 Å². The smallest absolute Gasteiger partial charge is 0.306 e. The minimum atomic E-state index is -0.750. The van der Waals surface area contributed by atoms with Gasteiger partial charge in [0.15, 0.2) is 0 Å². The lowest BCUT2D eigenvalue weighted by Gasteiger charge is -2.44. The van der Waals surface area contributed by atoms with Crippen LogP contribution in [0.4, 0.5) is 0 Å². The first-order valence-electron chi connectivity index (χ1n) is 6.72. The van der Waals surface area contributed by atoms with Gasteiger partial charge in [-0.2, -0.15) is 0 Å². The van der Waals surface area contributed by atoms with Crippen molar-refractivity contribution in [3.8, 4) is 0 Å².